The highest BCUT2D eigenvalue weighted by Gasteiger charge is 2.20. The first-order valence-corrected chi connectivity index (χ1v) is 3.63. The van der Waals surface area contributed by atoms with Crippen LogP contribution in [0.15, 0.2) is 0 Å². The summed E-state index contributed by atoms with van der Waals surface area (Å²) in [5, 5.41) is 25.1. The summed E-state index contributed by atoms with van der Waals surface area (Å²) in [5.41, 5.74) is 5.49. The van der Waals surface area contributed by atoms with Crippen molar-refractivity contribution in [3.63, 3.8) is 0 Å². The smallest absolute Gasteiger partial charge is 0.109 e. The van der Waals surface area contributed by atoms with Crippen molar-refractivity contribution in [1.82, 2.24) is 0 Å². The van der Waals surface area contributed by atoms with E-state index < -0.39 is 12.1 Å². The Morgan fingerprint density at radius 3 is 2.27 bits per heavy atom. The van der Waals surface area contributed by atoms with Gasteiger partial charge in [-0.05, 0) is 5.92 Å². The van der Waals surface area contributed by atoms with Crippen LogP contribution in [-0.2, 0) is 0 Å². The van der Waals surface area contributed by atoms with Gasteiger partial charge in [0.05, 0.1) is 12.6 Å². The molecule has 0 aromatic rings. The number of nitrogens with two attached hydrogens (primary N) is 1. The normalized spacial score (nSPS) is 16.5. The Kier molecular flexibility index (Phi) is 4.25. The first-order chi connectivity index (χ1) is 5.00. The zero-order valence-corrected chi connectivity index (χ0v) is 6.91. The highest BCUT2D eigenvalue weighted by Crippen LogP contribution is 2.02. The molecule has 0 saturated heterocycles. The molecule has 4 nitrogen and oxygen atoms in total. The minimum Gasteiger partial charge on any atom is -0.395 e. The standard InChI is InChI=1S/C7H16N2O2/c1-4(2)6(9)7(11)5(8)3-10/h4-5,7,9-11H,3,8H2,1-2H3/t5?,7-/m0/s1. The monoisotopic (exact) mass is 160 g/mol. The van der Waals surface area contributed by atoms with Gasteiger partial charge in [0.1, 0.15) is 6.10 Å². The molecule has 0 fully saturated rings. The molecule has 0 aliphatic carbocycles. The summed E-state index contributed by atoms with van der Waals surface area (Å²) >= 11 is 0. The van der Waals surface area contributed by atoms with Gasteiger partial charge in [-0.2, -0.15) is 0 Å². The Balaban J connectivity index is 4.02. The first kappa shape index (κ1) is 10.6. The molecule has 2 atom stereocenters. The van der Waals surface area contributed by atoms with Gasteiger partial charge >= 0.3 is 0 Å². The molecule has 0 aliphatic rings. The minimum atomic E-state index is -1.01. The van der Waals surface area contributed by atoms with Crippen LogP contribution in [0.2, 0.25) is 0 Å². The van der Waals surface area contributed by atoms with Gasteiger partial charge in [0.25, 0.3) is 0 Å². The Morgan fingerprint density at radius 2 is 2.00 bits per heavy atom. The topological polar surface area (TPSA) is 90.3 Å². The summed E-state index contributed by atoms with van der Waals surface area (Å²) in [4.78, 5) is 0. The summed E-state index contributed by atoms with van der Waals surface area (Å²) in [6, 6.07) is -0.732. The molecule has 1 unspecified atom stereocenters. The maximum atomic E-state index is 9.25. The van der Waals surface area contributed by atoms with E-state index in [9.17, 15) is 5.11 Å². The predicted octanol–water partition coefficient (Wildman–Crippen LogP) is -0.657. The van der Waals surface area contributed by atoms with Gasteiger partial charge in [-0.1, -0.05) is 13.8 Å². The van der Waals surface area contributed by atoms with Crippen molar-refractivity contribution >= 4 is 5.71 Å². The number of aliphatic hydroxyl groups is 2. The second-order valence-corrected chi connectivity index (χ2v) is 2.90. The lowest BCUT2D eigenvalue weighted by molar-refractivity contribution is 0.153. The molecular weight excluding hydrogens is 144 g/mol. The van der Waals surface area contributed by atoms with E-state index in [2.05, 4.69) is 0 Å². The molecular formula is C7H16N2O2. The van der Waals surface area contributed by atoms with Gasteiger partial charge in [-0.25, -0.2) is 0 Å². The second kappa shape index (κ2) is 4.43. The van der Waals surface area contributed by atoms with Crippen LogP contribution in [0.25, 0.3) is 0 Å². The highest BCUT2D eigenvalue weighted by molar-refractivity contribution is 5.87. The van der Waals surface area contributed by atoms with E-state index >= 15 is 0 Å². The Labute approximate surface area is 66.5 Å². The summed E-state index contributed by atoms with van der Waals surface area (Å²) in [6.07, 6.45) is -1.01. The lowest BCUT2D eigenvalue weighted by Gasteiger charge is -2.19. The fourth-order valence-corrected chi connectivity index (χ4v) is 0.672. The molecule has 0 radical (unpaired) electrons. The van der Waals surface area contributed by atoms with Gasteiger partial charge < -0.3 is 21.4 Å². The van der Waals surface area contributed by atoms with Gasteiger partial charge in [0.2, 0.25) is 0 Å². The average molecular weight is 160 g/mol. The van der Waals surface area contributed by atoms with Crippen molar-refractivity contribution in [3.05, 3.63) is 0 Å². The number of rotatable bonds is 4. The van der Waals surface area contributed by atoms with Crippen molar-refractivity contribution < 1.29 is 10.2 Å². The fraction of sp³-hybridized carbons (Fsp3) is 0.857. The van der Waals surface area contributed by atoms with Crippen LogP contribution in [0.1, 0.15) is 13.8 Å². The number of nitrogens with one attached hydrogen (secondary N) is 1. The zero-order valence-electron chi connectivity index (χ0n) is 6.91. The van der Waals surface area contributed by atoms with E-state index in [0.29, 0.717) is 0 Å². The van der Waals surface area contributed by atoms with Crippen molar-refractivity contribution in [2.75, 3.05) is 6.61 Å². The van der Waals surface area contributed by atoms with Crippen LogP contribution < -0.4 is 5.73 Å². The van der Waals surface area contributed by atoms with Crippen molar-refractivity contribution in [2.24, 2.45) is 11.7 Å². The maximum absolute atomic E-state index is 9.25. The zero-order chi connectivity index (χ0) is 9.02. The molecule has 0 saturated carbocycles. The molecule has 0 rings (SSSR count). The van der Waals surface area contributed by atoms with Crippen LogP contribution in [0.4, 0.5) is 0 Å². The van der Waals surface area contributed by atoms with Crippen molar-refractivity contribution in [2.45, 2.75) is 26.0 Å². The van der Waals surface area contributed by atoms with E-state index in [1.165, 1.54) is 0 Å². The van der Waals surface area contributed by atoms with E-state index in [1.54, 1.807) is 13.8 Å². The SMILES string of the molecule is CC(C)C(=N)[C@@H](O)C(N)CO. The van der Waals surface area contributed by atoms with Crippen LogP contribution >= 0.6 is 0 Å². The van der Waals surface area contributed by atoms with Crippen molar-refractivity contribution in [3.8, 4) is 0 Å². The molecule has 11 heavy (non-hydrogen) atoms. The molecule has 0 spiro atoms. The lowest BCUT2D eigenvalue weighted by Crippen LogP contribution is -2.44. The Bertz CT molecular complexity index is 136. The lowest BCUT2D eigenvalue weighted by atomic mass is 9.98. The third-order valence-corrected chi connectivity index (χ3v) is 1.56. The first-order valence-electron chi connectivity index (χ1n) is 3.63. The van der Waals surface area contributed by atoms with E-state index in [1.807, 2.05) is 0 Å². The van der Waals surface area contributed by atoms with E-state index in [0.717, 1.165) is 0 Å². The average Bonchev–Trinajstić information content (AvgIpc) is 2.00. The van der Waals surface area contributed by atoms with Crippen LogP contribution in [-0.4, -0.2) is 34.7 Å². The third kappa shape index (κ3) is 2.96. The van der Waals surface area contributed by atoms with Crippen LogP contribution in [0.3, 0.4) is 0 Å². The van der Waals surface area contributed by atoms with Gasteiger partial charge in [0, 0.05) is 5.71 Å². The molecule has 0 amide bonds. The number of aliphatic hydroxyl groups excluding tert-OH is 2. The second-order valence-electron chi connectivity index (χ2n) is 2.90. The Morgan fingerprint density at radius 1 is 1.55 bits per heavy atom. The van der Waals surface area contributed by atoms with Crippen molar-refractivity contribution in [1.29, 1.82) is 5.41 Å². The molecule has 0 heterocycles. The number of hydrogen-bond acceptors (Lipinski definition) is 4. The molecule has 0 aromatic carbocycles. The number of hydrogen-bond donors (Lipinski definition) is 4. The van der Waals surface area contributed by atoms with Crippen LogP contribution in [0, 0.1) is 11.3 Å². The predicted molar refractivity (Wildman–Crippen MR) is 43.6 cm³/mol. The molecule has 0 aromatic heterocycles. The molecule has 5 N–H and O–H groups in total. The third-order valence-electron chi connectivity index (χ3n) is 1.56. The molecule has 66 valence electrons. The summed E-state index contributed by atoms with van der Waals surface area (Å²) in [7, 11) is 0. The highest BCUT2D eigenvalue weighted by atomic mass is 16.3. The van der Waals surface area contributed by atoms with E-state index in [-0.39, 0.29) is 18.2 Å². The van der Waals surface area contributed by atoms with Gasteiger partial charge in [-0.3, -0.25) is 0 Å². The van der Waals surface area contributed by atoms with Gasteiger partial charge in [-0.15, -0.1) is 0 Å². The van der Waals surface area contributed by atoms with E-state index in [4.69, 9.17) is 16.2 Å². The maximum Gasteiger partial charge on any atom is 0.109 e. The fourth-order valence-electron chi connectivity index (χ4n) is 0.672. The van der Waals surface area contributed by atoms with Crippen LogP contribution in [0.5, 0.6) is 0 Å². The molecule has 0 bridgehead atoms. The molecule has 0 aliphatic heterocycles. The Hall–Kier alpha value is -0.450. The van der Waals surface area contributed by atoms with Gasteiger partial charge in [0.15, 0.2) is 0 Å². The summed E-state index contributed by atoms with van der Waals surface area (Å²) in [5.74, 6) is -0.0254. The molecule has 4 heteroatoms. The minimum absolute atomic E-state index is 0.0254. The summed E-state index contributed by atoms with van der Waals surface area (Å²) in [6.45, 7) is 3.31. The summed E-state index contributed by atoms with van der Waals surface area (Å²) < 4.78 is 0. The quantitative estimate of drug-likeness (QED) is 0.412. The largest absolute Gasteiger partial charge is 0.395 e.